The van der Waals surface area contributed by atoms with Crippen LogP contribution in [0.25, 0.3) is 5.70 Å². The van der Waals surface area contributed by atoms with Crippen molar-refractivity contribution in [1.29, 1.82) is 0 Å². The average molecular weight is 359 g/mol. The highest BCUT2D eigenvalue weighted by Crippen LogP contribution is 2.34. The maximum atomic E-state index is 12.7. The first-order valence-corrected chi connectivity index (χ1v) is 9.09. The van der Waals surface area contributed by atoms with Crippen molar-refractivity contribution < 1.29 is 13.2 Å². The van der Waals surface area contributed by atoms with Gasteiger partial charge in [-0.15, -0.1) is 0 Å². The molecule has 0 atom stereocenters. The second-order valence-corrected chi connectivity index (χ2v) is 6.88. The van der Waals surface area contributed by atoms with Gasteiger partial charge in [-0.1, -0.05) is 49.9 Å². The van der Waals surface area contributed by atoms with Crippen LogP contribution in [0.5, 0.6) is 0 Å². The van der Waals surface area contributed by atoms with Crippen LogP contribution in [0.15, 0.2) is 55.1 Å². The number of piperidine rings is 1. The molecule has 0 radical (unpaired) electrons. The third-order valence-corrected chi connectivity index (χ3v) is 5.28. The molecule has 26 heavy (non-hydrogen) atoms. The van der Waals surface area contributed by atoms with Gasteiger partial charge in [0.1, 0.15) is 0 Å². The molecule has 0 unspecified atom stereocenters. The summed E-state index contributed by atoms with van der Waals surface area (Å²) in [4.78, 5) is 2.28. The van der Waals surface area contributed by atoms with Crippen molar-refractivity contribution in [2.24, 2.45) is 0 Å². The van der Waals surface area contributed by atoms with Crippen molar-refractivity contribution >= 4 is 5.70 Å². The van der Waals surface area contributed by atoms with E-state index in [2.05, 4.69) is 42.7 Å². The lowest BCUT2D eigenvalue weighted by Crippen LogP contribution is -2.31. The van der Waals surface area contributed by atoms with E-state index in [9.17, 15) is 13.2 Å². The zero-order valence-corrected chi connectivity index (χ0v) is 15.0. The lowest BCUT2D eigenvalue weighted by molar-refractivity contribution is -0.137. The predicted molar refractivity (Wildman–Crippen MR) is 99.8 cm³/mol. The van der Waals surface area contributed by atoms with E-state index in [1.54, 1.807) is 12.1 Å². The van der Waals surface area contributed by atoms with Crippen molar-refractivity contribution in [3.8, 4) is 0 Å². The number of likely N-dealkylation sites (tertiary alicyclic amines) is 1. The molecule has 1 aliphatic rings. The summed E-state index contributed by atoms with van der Waals surface area (Å²) in [5, 5.41) is 0. The second-order valence-electron chi connectivity index (χ2n) is 6.88. The summed E-state index contributed by atoms with van der Waals surface area (Å²) >= 11 is 0. The fraction of sp³-hybridized carbons (Fsp3) is 0.364. The molecule has 1 nitrogen and oxygen atoms in total. The molecule has 0 N–H and O–H groups in total. The Morgan fingerprint density at radius 3 is 2.08 bits per heavy atom. The van der Waals surface area contributed by atoms with Crippen molar-refractivity contribution in [3.05, 3.63) is 77.4 Å². The smallest absolute Gasteiger partial charge is 0.371 e. The van der Waals surface area contributed by atoms with Crippen LogP contribution in [0.1, 0.15) is 47.9 Å². The molecular weight excluding hydrogens is 335 g/mol. The third-order valence-electron chi connectivity index (χ3n) is 5.28. The molecule has 138 valence electrons. The van der Waals surface area contributed by atoms with Gasteiger partial charge >= 0.3 is 6.18 Å². The molecule has 0 aliphatic carbocycles. The van der Waals surface area contributed by atoms with E-state index < -0.39 is 11.7 Å². The van der Waals surface area contributed by atoms with Gasteiger partial charge in [0.15, 0.2) is 0 Å². The monoisotopic (exact) mass is 359 g/mol. The number of benzene rings is 2. The van der Waals surface area contributed by atoms with Gasteiger partial charge in [-0.2, -0.15) is 13.2 Å². The van der Waals surface area contributed by atoms with Gasteiger partial charge in [0, 0.05) is 18.8 Å². The minimum Gasteiger partial charge on any atom is -0.371 e. The van der Waals surface area contributed by atoms with Gasteiger partial charge in [0.2, 0.25) is 0 Å². The topological polar surface area (TPSA) is 3.24 Å². The Kier molecular flexibility index (Phi) is 5.40. The first-order chi connectivity index (χ1) is 12.4. The summed E-state index contributed by atoms with van der Waals surface area (Å²) in [6, 6.07) is 14.1. The molecule has 0 bridgehead atoms. The van der Waals surface area contributed by atoms with E-state index in [0.717, 1.165) is 49.2 Å². The minimum atomic E-state index is -4.27. The van der Waals surface area contributed by atoms with Crippen LogP contribution in [0.4, 0.5) is 13.2 Å². The standard InChI is InChI=1S/C22H24F3N/c1-3-17-4-6-18(7-5-17)16(2)26-14-12-20(13-15-26)19-8-10-21(11-9-19)22(23,24)25/h4-11,20H,2-3,12-15H2,1H3. The maximum absolute atomic E-state index is 12.7. The lowest BCUT2D eigenvalue weighted by Gasteiger charge is -2.35. The van der Waals surface area contributed by atoms with Crippen LogP contribution in [0.2, 0.25) is 0 Å². The molecular formula is C22H24F3N. The van der Waals surface area contributed by atoms with E-state index in [0.29, 0.717) is 5.92 Å². The van der Waals surface area contributed by atoms with E-state index in [-0.39, 0.29) is 0 Å². The highest BCUT2D eigenvalue weighted by atomic mass is 19.4. The van der Waals surface area contributed by atoms with Crippen LogP contribution in [-0.2, 0) is 12.6 Å². The number of rotatable bonds is 4. The van der Waals surface area contributed by atoms with Crippen LogP contribution in [-0.4, -0.2) is 18.0 Å². The average Bonchev–Trinajstić information content (AvgIpc) is 2.67. The predicted octanol–water partition coefficient (Wildman–Crippen LogP) is 6.12. The molecule has 1 heterocycles. The highest BCUT2D eigenvalue weighted by molar-refractivity contribution is 5.62. The Balaban J connectivity index is 1.60. The Hall–Kier alpha value is -2.23. The SMILES string of the molecule is C=C(c1ccc(CC)cc1)N1CCC(c2ccc(C(F)(F)F)cc2)CC1. The largest absolute Gasteiger partial charge is 0.416 e. The van der Waals surface area contributed by atoms with Crippen molar-refractivity contribution in [1.82, 2.24) is 4.90 Å². The van der Waals surface area contributed by atoms with Gasteiger partial charge in [-0.25, -0.2) is 0 Å². The normalized spacial score (nSPS) is 15.9. The zero-order valence-electron chi connectivity index (χ0n) is 15.0. The number of hydrogen-bond donors (Lipinski definition) is 0. The van der Waals surface area contributed by atoms with Gasteiger partial charge in [-0.05, 0) is 54.0 Å². The first-order valence-electron chi connectivity index (χ1n) is 9.09. The number of alkyl halides is 3. The molecule has 0 aromatic heterocycles. The maximum Gasteiger partial charge on any atom is 0.416 e. The summed E-state index contributed by atoms with van der Waals surface area (Å²) in [5.41, 5.74) is 3.88. The fourth-order valence-corrected chi connectivity index (χ4v) is 3.54. The van der Waals surface area contributed by atoms with Crippen LogP contribution in [0.3, 0.4) is 0 Å². The fourth-order valence-electron chi connectivity index (χ4n) is 3.54. The van der Waals surface area contributed by atoms with Gasteiger partial charge in [-0.3, -0.25) is 0 Å². The van der Waals surface area contributed by atoms with Crippen LogP contribution >= 0.6 is 0 Å². The quantitative estimate of drug-likeness (QED) is 0.636. The zero-order chi connectivity index (χ0) is 18.7. The Bertz CT molecular complexity index is 736. The van der Waals surface area contributed by atoms with Crippen molar-refractivity contribution in [2.75, 3.05) is 13.1 Å². The van der Waals surface area contributed by atoms with E-state index in [4.69, 9.17) is 0 Å². The third kappa shape index (κ3) is 4.12. The summed E-state index contributed by atoms with van der Waals surface area (Å²) in [6.45, 7) is 8.13. The van der Waals surface area contributed by atoms with E-state index in [1.807, 2.05) is 0 Å². The molecule has 3 rings (SSSR count). The molecule has 4 heteroatoms. The molecule has 1 saturated heterocycles. The summed E-state index contributed by atoms with van der Waals surface area (Å²) in [6.07, 6.45) is -1.40. The van der Waals surface area contributed by atoms with Gasteiger partial charge in [0.25, 0.3) is 0 Å². The van der Waals surface area contributed by atoms with Crippen LogP contribution in [0, 0.1) is 0 Å². The number of halogens is 3. The summed E-state index contributed by atoms with van der Waals surface area (Å²) in [7, 11) is 0. The first kappa shape index (κ1) is 18.6. The molecule has 0 spiro atoms. The van der Waals surface area contributed by atoms with Crippen LogP contribution < -0.4 is 0 Å². The molecule has 2 aromatic carbocycles. The Morgan fingerprint density at radius 2 is 1.58 bits per heavy atom. The van der Waals surface area contributed by atoms with Crippen molar-refractivity contribution in [3.63, 3.8) is 0 Å². The summed E-state index contributed by atoms with van der Waals surface area (Å²) in [5.74, 6) is 0.309. The highest BCUT2D eigenvalue weighted by Gasteiger charge is 2.30. The molecule has 0 amide bonds. The van der Waals surface area contributed by atoms with Crippen molar-refractivity contribution in [2.45, 2.75) is 38.3 Å². The molecule has 1 aliphatic heterocycles. The van der Waals surface area contributed by atoms with Gasteiger partial charge in [0.05, 0.1) is 5.56 Å². The molecule has 0 saturated carbocycles. The number of nitrogens with zero attached hydrogens (tertiary/aromatic N) is 1. The lowest BCUT2D eigenvalue weighted by atomic mass is 9.88. The Morgan fingerprint density at radius 1 is 1.00 bits per heavy atom. The summed E-state index contributed by atoms with van der Waals surface area (Å²) < 4.78 is 38.1. The second kappa shape index (κ2) is 7.56. The Labute approximate surface area is 153 Å². The number of aryl methyl sites for hydroxylation is 1. The molecule has 1 fully saturated rings. The molecule has 2 aromatic rings. The number of hydrogen-bond acceptors (Lipinski definition) is 1. The van der Waals surface area contributed by atoms with E-state index in [1.165, 1.54) is 17.7 Å². The van der Waals surface area contributed by atoms with Gasteiger partial charge < -0.3 is 4.90 Å². The minimum absolute atomic E-state index is 0.309. The van der Waals surface area contributed by atoms with E-state index >= 15 is 0 Å².